The van der Waals surface area contributed by atoms with E-state index >= 15 is 0 Å². The van der Waals surface area contributed by atoms with Gasteiger partial charge in [-0.3, -0.25) is 28.8 Å². The molecule has 7 atom stereocenters. The van der Waals surface area contributed by atoms with Crippen LogP contribution in [0.3, 0.4) is 0 Å². The number of carbonyl (C=O) groups excluding carboxylic acids is 6. The largest absolute Gasteiger partial charge is 0.347 e. The lowest BCUT2D eigenvalue weighted by Gasteiger charge is -2.31. The molecule has 262 valence electrons. The molecule has 0 aliphatic rings. The first-order chi connectivity index (χ1) is 21.2. The predicted octanol–water partition coefficient (Wildman–Crippen LogP) is 3.59. The molecule has 12 heteroatoms. The summed E-state index contributed by atoms with van der Waals surface area (Å²) >= 11 is 1.54. The molecule has 0 radical (unpaired) electrons. The van der Waals surface area contributed by atoms with Gasteiger partial charge in [0.15, 0.2) is 5.78 Å². The van der Waals surface area contributed by atoms with E-state index in [4.69, 9.17) is 0 Å². The van der Waals surface area contributed by atoms with Gasteiger partial charge in [-0.15, -0.1) is 0 Å². The predicted molar refractivity (Wildman–Crippen MR) is 184 cm³/mol. The van der Waals surface area contributed by atoms with Crippen molar-refractivity contribution in [2.45, 2.75) is 138 Å². The molecule has 0 aromatic carbocycles. The van der Waals surface area contributed by atoms with Gasteiger partial charge in [0.1, 0.15) is 24.2 Å². The quantitative estimate of drug-likeness (QED) is 0.111. The van der Waals surface area contributed by atoms with Gasteiger partial charge in [0, 0.05) is 6.42 Å². The number of Topliss-reactive ketones (excluding diaryl/α,β-unsaturated/α-hetero) is 1. The van der Waals surface area contributed by atoms with E-state index in [1.54, 1.807) is 20.8 Å². The van der Waals surface area contributed by atoms with Crippen molar-refractivity contribution in [3.05, 3.63) is 0 Å². The maximum absolute atomic E-state index is 13.6. The summed E-state index contributed by atoms with van der Waals surface area (Å²) in [7, 11) is 0. The van der Waals surface area contributed by atoms with Gasteiger partial charge in [-0.25, -0.2) is 0 Å². The number of rotatable bonds is 22. The Balaban J connectivity index is 0. The molecule has 0 fully saturated rings. The number of hydrogen-bond donors (Lipinski definition) is 5. The Kier molecular flexibility index (Phi) is 24.3. The van der Waals surface area contributed by atoms with Gasteiger partial charge in [0.25, 0.3) is 0 Å². The Bertz CT molecular complexity index is 916. The minimum absolute atomic E-state index is 0.0687. The first-order valence-corrected chi connectivity index (χ1v) is 18.0. The van der Waals surface area contributed by atoms with Crippen molar-refractivity contribution in [2.75, 3.05) is 12.0 Å². The summed E-state index contributed by atoms with van der Waals surface area (Å²) in [5.74, 6) is -2.03. The average molecular weight is 658 g/mol. The van der Waals surface area contributed by atoms with Gasteiger partial charge in [0.2, 0.25) is 30.0 Å². The highest BCUT2D eigenvalue weighted by Crippen LogP contribution is 2.15. The van der Waals surface area contributed by atoms with Crippen molar-refractivity contribution in [1.82, 2.24) is 26.6 Å². The Morgan fingerprint density at radius 2 is 1.11 bits per heavy atom. The normalized spacial score (nSPS) is 15.6. The summed E-state index contributed by atoms with van der Waals surface area (Å²) in [6.07, 6.45) is 4.73. The van der Waals surface area contributed by atoms with Gasteiger partial charge in [-0.2, -0.15) is 11.8 Å². The lowest BCUT2D eigenvalue weighted by molar-refractivity contribution is -0.136. The number of nitrogens with one attached hydrogen (secondary N) is 5. The van der Waals surface area contributed by atoms with Crippen LogP contribution in [0.4, 0.5) is 0 Å². The van der Waals surface area contributed by atoms with Crippen molar-refractivity contribution in [1.29, 1.82) is 0 Å². The summed E-state index contributed by atoms with van der Waals surface area (Å²) in [5.41, 5.74) is 0. The molecule has 5 amide bonds. The number of thioether (sulfide) groups is 1. The molecule has 0 bridgehead atoms. The molecule has 0 spiro atoms. The maximum atomic E-state index is 13.6. The molecule has 0 heterocycles. The van der Waals surface area contributed by atoms with Crippen LogP contribution >= 0.6 is 11.8 Å². The van der Waals surface area contributed by atoms with Crippen molar-refractivity contribution >= 4 is 47.6 Å². The fraction of sp³-hybridized carbons (Fsp3) is 0.818. The van der Waals surface area contributed by atoms with Crippen LogP contribution in [0.5, 0.6) is 0 Å². The third kappa shape index (κ3) is 16.5. The maximum Gasteiger partial charge on any atom is 0.243 e. The van der Waals surface area contributed by atoms with Crippen molar-refractivity contribution < 1.29 is 28.8 Å². The molecule has 0 rings (SSSR count). The van der Waals surface area contributed by atoms with Crippen LogP contribution in [-0.2, 0) is 28.8 Å². The lowest BCUT2D eigenvalue weighted by atomic mass is 9.94. The van der Waals surface area contributed by atoms with Crippen LogP contribution in [0, 0.1) is 23.7 Å². The van der Waals surface area contributed by atoms with E-state index in [1.807, 2.05) is 61.6 Å². The van der Waals surface area contributed by atoms with E-state index < -0.39 is 53.8 Å². The van der Waals surface area contributed by atoms with E-state index in [0.717, 1.165) is 0 Å². The number of amides is 5. The molecular weight excluding hydrogens is 594 g/mol. The minimum Gasteiger partial charge on any atom is -0.347 e. The number of hydrogen-bond acceptors (Lipinski definition) is 7. The monoisotopic (exact) mass is 657 g/mol. The first kappa shape index (κ1) is 44.5. The average Bonchev–Trinajstić information content (AvgIpc) is 3.01. The van der Waals surface area contributed by atoms with E-state index in [0.29, 0.717) is 37.8 Å². The summed E-state index contributed by atoms with van der Waals surface area (Å²) < 4.78 is 0. The molecule has 0 saturated carbocycles. The zero-order chi connectivity index (χ0) is 35.3. The summed E-state index contributed by atoms with van der Waals surface area (Å²) in [4.78, 5) is 77.2. The van der Waals surface area contributed by atoms with Crippen LogP contribution < -0.4 is 26.6 Å². The molecule has 0 aliphatic carbocycles. The second-order valence-corrected chi connectivity index (χ2v) is 13.1. The highest BCUT2D eigenvalue weighted by atomic mass is 32.2. The second kappa shape index (κ2) is 24.6. The Hall–Kier alpha value is -2.63. The van der Waals surface area contributed by atoms with Gasteiger partial charge < -0.3 is 26.6 Å². The number of ketones is 1. The van der Waals surface area contributed by atoms with E-state index in [2.05, 4.69) is 26.6 Å². The lowest BCUT2D eigenvalue weighted by Crippen LogP contribution is -2.61. The molecule has 45 heavy (non-hydrogen) atoms. The smallest absolute Gasteiger partial charge is 0.243 e. The van der Waals surface area contributed by atoms with E-state index in [9.17, 15) is 28.8 Å². The molecule has 0 aromatic rings. The van der Waals surface area contributed by atoms with Crippen LogP contribution in [0.25, 0.3) is 0 Å². The van der Waals surface area contributed by atoms with Gasteiger partial charge in [-0.1, -0.05) is 89.0 Å². The zero-order valence-corrected chi connectivity index (χ0v) is 30.7. The third-order valence-corrected chi connectivity index (χ3v) is 8.43. The summed E-state index contributed by atoms with van der Waals surface area (Å²) in [5, 5.41) is 13.8. The van der Waals surface area contributed by atoms with Crippen LogP contribution in [0.2, 0.25) is 0 Å². The van der Waals surface area contributed by atoms with Crippen LogP contribution in [0.1, 0.15) is 108 Å². The van der Waals surface area contributed by atoms with Crippen LogP contribution in [-0.4, -0.2) is 78.0 Å². The fourth-order valence-electron chi connectivity index (χ4n) is 4.54. The zero-order valence-electron chi connectivity index (χ0n) is 29.9. The van der Waals surface area contributed by atoms with E-state index in [-0.39, 0.29) is 35.9 Å². The Morgan fingerprint density at radius 3 is 1.51 bits per heavy atom. The molecule has 5 N–H and O–H groups in total. The SMILES string of the molecule is CC.CCC(=O)C(CC(C)C)NC(=O)C(NC(=O)C(NC(=O)C(NC(=O)C(CCSC)NC=O)C(C)CC)C(C)C)C(C)CC. The molecular formula is C33H63N5O6S. The van der Waals surface area contributed by atoms with E-state index in [1.165, 1.54) is 11.8 Å². The highest BCUT2D eigenvalue weighted by molar-refractivity contribution is 7.98. The summed E-state index contributed by atoms with van der Waals surface area (Å²) in [6, 6.07) is -4.27. The van der Waals surface area contributed by atoms with Crippen molar-refractivity contribution in [3.8, 4) is 0 Å². The fourth-order valence-corrected chi connectivity index (χ4v) is 5.01. The molecule has 7 unspecified atom stereocenters. The molecule has 0 saturated heterocycles. The van der Waals surface area contributed by atoms with Crippen molar-refractivity contribution in [2.24, 2.45) is 23.7 Å². The Labute approximate surface area is 276 Å². The topological polar surface area (TPSA) is 163 Å². The third-order valence-electron chi connectivity index (χ3n) is 7.79. The number of carbonyl (C=O) groups is 6. The molecule has 11 nitrogen and oxygen atoms in total. The Morgan fingerprint density at radius 1 is 0.667 bits per heavy atom. The van der Waals surface area contributed by atoms with Gasteiger partial charge in [-0.05, 0) is 48.5 Å². The molecule has 0 aromatic heterocycles. The van der Waals surface area contributed by atoms with Gasteiger partial charge in [0.05, 0.1) is 6.04 Å². The second-order valence-electron chi connectivity index (χ2n) is 12.1. The standard InChI is InChI=1S/C31H57N5O6S.C2H6/c1-11-20(8)26(30(41)33-23(16-18(4)5)24(38)13-3)36-29(40)25(19(6)7)34-31(42)27(21(9)12-2)35-28(39)22(32-17-37)14-15-43-10;1-2/h17-23,25-27H,11-16H2,1-10H3,(H,32,37)(H,33,41)(H,34,42)(H,35,39)(H,36,40);1-2H3. The van der Waals surface area contributed by atoms with Gasteiger partial charge >= 0.3 is 0 Å². The van der Waals surface area contributed by atoms with Crippen LogP contribution in [0.15, 0.2) is 0 Å². The first-order valence-electron chi connectivity index (χ1n) is 16.6. The summed E-state index contributed by atoms with van der Waals surface area (Å²) in [6.45, 7) is 20.8. The minimum atomic E-state index is -0.987. The van der Waals surface area contributed by atoms with Crippen molar-refractivity contribution in [3.63, 3.8) is 0 Å². The molecule has 0 aliphatic heterocycles. The highest BCUT2D eigenvalue weighted by Gasteiger charge is 2.36.